The summed E-state index contributed by atoms with van der Waals surface area (Å²) >= 11 is 1.46. The lowest BCUT2D eigenvalue weighted by atomic mass is 10.1. The van der Waals surface area contributed by atoms with Gasteiger partial charge in [-0.05, 0) is 64.9 Å². The summed E-state index contributed by atoms with van der Waals surface area (Å²) in [4.78, 5) is 25.4. The number of carbonyl (C=O) groups is 1. The van der Waals surface area contributed by atoms with E-state index < -0.39 is 5.60 Å². The van der Waals surface area contributed by atoms with Crippen molar-refractivity contribution >= 4 is 38.7 Å². The number of fused-ring (bicyclic) bond motifs is 2. The van der Waals surface area contributed by atoms with Gasteiger partial charge in [-0.1, -0.05) is 11.3 Å². The van der Waals surface area contributed by atoms with Crippen LogP contribution in [0.4, 0.5) is 4.79 Å². The third-order valence-corrected chi connectivity index (χ3v) is 6.83. The SMILES string of the molecule is CN(Cc1coc2cc(Oc3nc4ncccc4s3)ccc12)CC1CCCN1C(=O)OC(C)(C)C. The highest BCUT2D eigenvalue weighted by Gasteiger charge is 2.32. The Labute approximate surface area is 208 Å². The van der Waals surface area contributed by atoms with Crippen molar-refractivity contribution in [1.82, 2.24) is 19.8 Å². The van der Waals surface area contributed by atoms with Crippen LogP contribution in [0.25, 0.3) is 21.3 Å². The zero-order chi connectivity index (χ0) is 24.6. The minimum absolute atomic E-state index is 0.149. The average molecular weight is 495 g/mol. The second-order valence-corrected chi connectivity index (χ2v) is 11.0. The van der Waals surface area contributed by atoms with Crippen molar-refractivity contribution in [3.63, 3.8) is 0 Å². The Morgan fingerprint density at radius 3 is 2.97 bits per heavy atom. The first-order valence-electron chi connectivity index (χ1n) is 11.8. The Kier molecular flexibility index (Phi) is 6.37. The van der Waals surface area contributed by atoms with Gasteiger partial charge in [-0.2, -0.15) is 4.98 Å². The van der Waals surface area contributed by atoms with Crippen molar-refractivity contribution < 1.29 is 18.7 Å². The van der Waals surface area contributed by atoms with E-state index in [4.69, 9.17) is 13.9 Å². The van der Waals surface area contributed by atoms with Crippen LogP contribution in [-0.4, -0.2) is 57.6 Å². The predicted octanol–water partition coefficient (Wildman–Crippen LogP) is 6.06. The molecule has 3 aromatic heterocycles. The molecule has 1 saturated heterocycles. The summed E-state index contributed by atoms with van der Waals surface area (Å²) in [5, 5.41) is 1.60. The van der Waals surface area contributed by atoms with Gasteiger partial charge < -0.3 is 18.8 Å². The number of benzene rings is 1. The van der Waals surface area contributed by atoms with Gasteiger partial charge in [0.25, 0.3) is 5.19 Å². The fraction of sp³-hybridized carbons (Fsp3) is 0.423. The largest absolute Gasteiger partial charge is 0.464 e. The van der Waals surface area contributed by atoms with Crippen LogP contribution in [0.15, 0.2) is 47.2 Å². The summed E-state index contributed by atoms with van der Waals surface area (Å²) < 4.78 is 18.4. The Morgan fingerprint density at radius 2 is 2.17 bits per heavy atom. The van der Waals surface area contributed by atoms with Gasteiger partial charge in [-0.15, -0.1) is 0 Å². The van der Waals surface area contributed by atoms with Crippen molar-refractivity contribution in [3.8, 4) is 10.9 Å². The van der Waals surface area contributed by atoms with E-state index in [2.05, 4.69) is 21.9 Å². The number of likely N-dealkylation sites (N-methyl/N-ethyl adjacent to an activating group) is 1. The lowest BCUT2D eigenvalue weighted by molar-refractivity contribution is 0.0201. The normalized spacial score (nSPS) is 16.5. The van der Waals surface area contributed by atoms with Gasteiger partial charge in [-0.3, -0.25) is 4.90 Å². The molecule has 1 atom stereocenters. The van der Waals surface area contributed by atoms with Gasteiger partial charge in [-0.25, -0.2) is 9.78 Å². The summed E-state index contributed by atoms with van der Waals surface area (Å²) in [6.07, 6.45) is 5.28. The minimum atomic E-state index is -0.488. The molecule has 4 heterocycles. The Bertz CT molecular complexity index is 1310. The maximum Gasteiger partial charge on any atom is 0.410 e. The number of hydrogen-bond acceptors (Lipinski definition) is 8. The van der Waals surface area contributed by atoms with Crippen LogP contribution in [0.2, 0.25) is 0 Å². The second kappa shape index (κ2) is 9.47. The van der Waals surface area contributed by atoms with E-state index in [1.54, 1.807) is 12.5 Å². The maximum atomic E-state index is 12.6. The number of amides is 1. The Balaban J connectivity index is 1.23. The first kappa shape index (κ1) is 23.6. The summed E-state index contributed by atoms with van der Waals surface area (Å²) in [5.74, 6) is 0.671. The summed E-state index contributed by atoms with van der Waals surface area (Å²) in [6, 6.07) is 9.85. The van der Waals surface area contributed by atoms with E-state index in [0.717, 1.165) is 53.7 Å². The van der Waals surface area contributed by atoms with Crippen LogP contribution in [0.1, 0.15) is 39.2 Å². The molecule has 8 nitrogen and oxygen atoms in total. The first-order valence-corrected chi connectivity index (χ1v) is 12.6. The number of hydrogen-bond donors (Lipinski definition) is 0. The smallest absolute Gasteiger partial charge is 0.410 e. The van der Waals surface area contributed by atoms with E-state index in [1.165, 1.54) is 11.3 Å². The maximum absolute atomic E-state index is 12.6. The lowest BCUT2D eigenvalue weighted by Crippen LogP contribution is -2.44. The van der Waals surface area contributed by atoms with Crippen molar-refractivity contribution in [2.75, 3.05) is 20.1 Å². The predicted molar refractivity (Wildman–Crippen MR) is 136 cm³/mol. The van der Waals surface area contributed by atoms with Crippen LogP contribution in [0, 0.1) is 0 Å². The molecule has 0 aliphatic carbocycles. The molecule has 5 rings (SSSR count). The molecule has 0 spiro atoms. The number of ether oxygens (including phenoxy) is 2. The van der Waals surface area contributed by atoms with E-state index >= 15 is 0 Å². The molecule has 1 aliphatic heterocycles. The van der Waals surface area contributed by atoms with Gasteiger partial charge in [0.2, 0.25) is 0 Å². The van der Waals surface area contributed by atoms with E-state index in [-0.39, 0.29) is 12.1 Å². The molecule has 1 unspecified atom stereocenters. The number of furan rings is 1. The van der Waals surface area contributed by atoms with E-state index in [0.29, 0.717) is 16.6 Å². The molecule has 0 N–H and O–H groups in total. The van der Waals surface area contributed by atoms with Crippen LogP contribution >= 0.6 is 11.3 Å². The zero-order valence-electron chi connectivity index (χ0n) is 20.5. The molecule has 1 aliphatic rings. The standard InChI is InChI=1S/C26H30N4O4S/c1-26(2,3)34-25(31)30-12-6-7-18(30)15-29(4)14-17-16-32-21-13-19(9-10-20(17)21)33-24-28-23-22(35-24)8-5-11-27-23/h5,8-11,13,16,18H,6-7,12,14-15H2,1-4H3. The van der Waals surface area contributed by atoms with E-state index in [9.17, 15) is 4.79 Å². The van der Waals surface area contributed by atoms with Gasteiger partial charge in [0, 0.05) is 48.9 Å². The van der Waals surface area contributed by atoms with Crippen LogP contribution in [0.5, 0.6) is 10.9 Å². The molecule has 4 aromatic rings. The molecular weight excluding hydrogens is 464 g/mol. The highest BCUT2D eigenvalue weighted by atomic mass is 32.1. The molecule has 9 heteroatoms. The lowest BCUT2D eigenvalue weighted by Gasteiger charge is -2.30. The van der Waals surface area contributed by atoms with Crippen LogP contribution in [0.3, 0.4) is 0 Å². The topological polar surface area (TPSA) is 80.9 Å². The molecule has 1 amide bonds. The molecule has 0 bridgehead atoms. The van der Waals surface area contributed by atoms with E-state index in [1.807, 2.05) is 56.0 Å². The molecule has 0 radical (unpaired) electrons. The summed E-state index contributed by atoms with van der Waals surface area (Å²) in [7, 11) is 2.07. The number of rotatable bonds is 6. The highest BCUT2D eigenvalue weighted by Crippen LogP contribution is 2.33. The monoisotopic (exact) mass is 494 g/mol. The van der Waals surface area contributed by atoms with Gasteiger partial charge in [0.05, 0.1) is 11.0 Å². The van der Waals surface area contributed by atoms with Gasteiger partial charge in [0.1, 0.15) is 16.9 Å². The number of thiazole rings is 1. The number of carbonyl (C=O) groups excluding carboxylic acids is 1. The highest BCUT2D eigenvalue weighted by molar-refractivity contribution is 7.20. The molecule has 184 valence electrons. The zero-order valence-corrected chi connectivity index (χ0v) is 21.3. The fourth-order valence-electron chi connectivity index (χ4n) is 4.44. The molecule has 0 saturated carbocycles. The number of nitrogens with zero attached hydrogens (tertiary/aromatic N) is 4. The number of pyridine rings is 1. The summed E-state index contributed by atoms with van der Waals surface area (Å²) in [5.41, 5.74) is 2.06. The quantitative estimate of drug-likeness (QED) is 0.322. The fourth-order valence-corrected chi connectivity index (χ4v) is 5.24. The van der Waals surface area contributed by atoms with Crippen molar-refractivity contribution in [2.45, 2.75) is 51.8 Å². The van der Waals surface area contributed by atoms with Gasteiger partial charge in [0.15, 0.2) is 5.65 Å². The molecule has 1 fully saturated rings. The molecular formula is C26H30N4O4S. The van der Waals surface area contributed by atoms with Gasteiger partial charge >= 0.3 is 6.09 Å². The first-order chi connectivity index (χ1) is 16.7. The molecule has 35 heavy (non-hydrogen) atoms. The second-order valence-electron chi connectivity index (χ2n) is 9.99. The van der Waals surface area contributed by atoms with Crippen molar-refractivity contribution in [3.05, 3.63) is 48.4 Å². The third-order valence-electron chi connectivity index (χ3n) is 5.95. The number of aromatic nitrogens is 2. The van der Waals surface area contributed by atoms with Crippen molar-refractivity contribution in [1.29, 1.82) is 0 Å². The third kappa shape index (κ3) is 5.41. The average Bonchev–Trinajstić information content (AvgIpc) is 3.51. The van der Waals surface area contributed by atoms with Crippen LogP contribution < -0.4 is 4.74 Å². The summed E-state index contributed by atoms with van der Waals surface area (Å²) in [6.45, 7) is 7.94. The minimum Gasteiger partial charge on any atom is -0.464 e. The molecule has 1 aromatic carbocycles. The van der Waals surface area contributed by atoms with Crippen LogP contribution in [-0.2, 0) is 11.3 Å². The number of likely N-dealkylation sites (tertiary alicyclic amines) is 1. The Hall–Kier alpha value is -3.17. The Morgan fingerprint density at radius 1 is 1.31 bits per heavy atom. The van der Waals surface area contributed by atoms with Crippen molar-refractivity contribution in [2.24, 2.45) is 0 Å².